The summed E-state index contributed by atoms with van der Waals surface area (Å²) in [4.78, 5) is 16.2. The first-order valence-corrected chi connectivity index (χ1v) is 13.0. The molecular formula is C29H33NOS. The molecule has 0 N–H and O–H groups in total. The maximum Gasteiger partial charge on any atom is 0.146 e. The van der Waals surface area contributed by atoms with E-state index in [9.17, 15) is 4.79 Å². The predicted molar refractivity (Wildman–Crippen MR) is 136 cm³/mol. The Labute approximate surface area is 196 Å². The molecule has 1 aromatic heterocycles. The molecule has 0 amide bonds. The van der Waals surface area contributed by atoms with Gasteiger partial charge >= 0.3 is 0 Å². The second-order valence-electron chi connectivity index (χ2n) is 9.73. The van der Waals surface area contributed by atoms with Crippen molar-refractivity contribution in [2.24, 2.45) is 5.92 Å². The van der Waals surface area contributed by atoms with E-state index < -0.39 is 5.41 Å². The van der Waals surface area contributed by atoms with Crippen LogP contribution in [0.25, 0.3) is 15.7 Å². The highest BCUT2D eigenvalue weighted by atomic mass is 32.1. The summed E-state index contributed by atoms with van der Waals surface area (Å²) in [5, 5.41) is 3.52. The van der Waals surface area contributed by atoms with Gasteiger partial charge in [0.15, 0.2) is 0 Å². The molecule has 5 rings (SSSR count). The molecular weight excluding hydrogens is 410 g/mol. The first-order chi connectivity index (χ1) is 15.6. The van der Waals surface area contributed by atoms with Gasteiger partial charge in [0.25, 0.3) is 0 Å². The van der Waals surface area contributed by atoms with Crippen LogP contribution in [0.15, 0.2) is 66.2 Å². The Kier molecular flexibility index (Phi) is 6.19. The van der Waals surface area contributed by atoms with Crippen molar-refractivity contribution in [1.82, 2.24) is 4.90 Å². The molecule has 0 saturated heterocycles. The molecule has 166 valence electrons. The summed E-state index contributed by atoms with van der Waals surface area (Å²) in [6, 6.07) is 19.4. The molecule has 2 nitrogen and oxygen atoms in total. The lowest BCUT2D eigenvalue weighted by molar-refractivity contribution is -0.129. The predicted octanol–water partition coefficient (Wildman–Crippen LogP) is 7.45. The zero-order chi connectivity index (χ0) is 22.0. The number of nitrogens with zero attached hydrogens (tertiary/aromatic N) is 1. The number of carbonyl (C=O) groups excluding carboxylic acids is 1. The van der Waals surface area contributed by atoms with Crippen molar-refractivity contribution >= 4 is 32.8 Å². The Hall–Kier alpha value is -2.39. The smallest absolute Gasteiger partial charge is 0.146 e. The van der Waals surface area contributed by atoms with Crippen LogP contribution >= 0.6 is 11.3 Å². The minimum Gasteiger partial charge on any atom is -0.377 e. The third-order valence-electron chi connectivity index (χ3n) is 7.66. The van der Waals surface area contributed by atoms with Crippen molar-refractivity contribution < 1.29 is 4.79 Å². The summed E-state index contributed by atoms with van der Waals surface area (Å²) in [6.45, 7) is 4.17. The monoisotopic (exact) mass is 443 g/mol. The van der Waals surface area contributed by atoms with Crippen molar-refractivity contribution in [2.75, 3.05) is 13.1 Å². The lowest BCUT2D eigenvalue weighted by Crippen LogP contribution is -2.40. The van der Waals surface area contributed by atoms with Gasteiger partial charge < -0.3 is 4.90 Å². The van der Waals surface area contributed by atoms with Crippen LogP contribution in [0.1, 0.15) is 63.0 Å². The molecule has 1 saturated carbocycles. The summed E-state index contributed by atoms with van der Waals surface area (Å²) in [7, 11) is 0. The molecule has 1 unspecified atom stereocenters. The molecule has 2 aromatic carbocycles. The first-order valence-electron chi connectivity index (χ1n) is 12.2. The Bertz CT molecular complexity index is 1110. The molecule has 0 bridgehead atoms. The Balaban J connectivity index is 1.36. The lowest BCUT2D eigenvalue weighted by Gasteiger charge is -2.35. The number of carbonyl (C=O) groups is 1. The van der Waals surface area contributed by atoms with E-state index in [0.717, 1.165) is 38.8 Å². The van der Waals surface area contributed by atoms with Crippen LogP contribution < -0.4 is 0 Å². The second kappa shape index (κ2) is 9.23. The van der Waals surface area contributed by atoms with Crippen molar-refractivity contribution in [3.05, 3.63) is 77.3 Å². The number of thiophene rings is 1. The molecule has 1 fully saturated rings. The van der Waals surface area contributed by atoms with E-state index in [1.165, 1.54) is 46.0 Å². The molecule has 1 aliphatic carbocycles. The standard InChI is InChI=1S/C29H33NOS/c1-29(25-12-6-3-7-13-25,28(31)23-9-4-2-5-10-23)17-19-30-18-15-24(21-30)26-14-8-11-22-16-20-32-27(22)26/h3,6-8,11-14,16,20-21,23H,2,4-5,9-10,15,17-19H2,1H3. The highest BCUT2D eigenvalue weighted by molar-refractivity contribution is 7.17. The van der Waals surface area contributed by atoms with Crippen LogP contribution in [0.3, 0.4) is 0 Å². The number of rotatable bonds is 7. The van der Waals surface area contributed by atoms with Crippen molar-refractivity contribution in [3.63, 3.8) is 0 Å². The van der Waals surface area contributed by atoms with Gasteiger partial charge in [0.05, 0.1) is 5.41 Å². The fraction of sp³-hybridized carbons (Fsp3) is 0.414. The molecule has 1 atom stereocenters. The average Bonchev–Trinajstić information content (AvgIpc) is 3.53. The summed E-state index contributed by atoms with van der Waals surface area (Å²) >= 11 is 1.83. The minimum absolute atomic E-state index is 0.232. The van der Waals surface area contributed by atoms with Gasteiger partial charge in [-0.15, -0.1) is 11.3 Å². The van der Waals surface area contributed by atoms with Crippen LogP contribution in [-0.4, -0.2) is 23.8 Å². The van der Waals surface area contributed by atoms with Gasteiger partial charge in [-0.3, -0.25) is 4.79 Å². The van der Waals surface area contributed by atoms with Gasteiger partial charge in [0, 0.05) is 29.9 Å². The zero-order valence-electron chi connectivity index (χ0n) is 19.1. The number of hydrogen-bond donors (Lipinski definition) is 0. The fourth-order valence-corrected chi connectivity index (χ4v) is 6.59. The third-order valence-corrected chi connectivity index (χ3v) is 8.62. The SMILES string of the molecule is CC(CCN1C=C(c2cccc3ccsc23)CC1)(C(=O)C1CCCCC1)c1ccccc1. The summed E-state index contributed by atoms with van der Waals surface area (Å²) < 4.78 is 1.39. The maximum atomic E-state index is 13.8. The summed E-state index contributed by atoms with van der Waals surface area (Å²) in [5.41, 5.74) is 3.58. The normalized spacial score (nSPS) is 19.2. The molecule has 32 heavy (non-hydrogen) atoms. The van der Waals surface area contributed by atoms with E-state index in [0.29, 0.717) is 5.78 Å². The van der Waals surface area contributed by atoms with Gasteiger partial charge in [-0.05, 0) is 66.1 Å². The van der Waals surface area contributed by atoms with Crippen LogP contribution in [0.5, 0.6) is 0 Å². The Morgan fingerprint density at radius 2 is 1.84 bits per heavy atom. The topological polar surface area (TPSA) is 20.3 Å². The number of Topliss-reactive ketones (excluding diaryl/α,β-unsaturated/α-hetero) is 1. The molecule has 2 heterocycles. The maximum absolute atomic E-state index is 13.8. The molecule has 3 heteroatoms. The van der Waals surface area contributed by atoms with Crippen LogP contribution in [0.4, 0.5) is 0 Å². The van der Waals surface area contributed by atoms with E-state index >= 15 is 0 Å². The lowest BCUT2D eigenvalue weighted by atomic mass is 9.69. The van der Waals surface area contributed by atoms with Gasteiger partial charge in [0.1, 0.15) is 5.78 Å². The highest BCUT2D eigenvalue weighted by Gasteiger charge is 2.39. The average molecular weight is 444 g/mol. The van der Waals surface area contributed by atoms with Gasteiger partial charge in [-0.2, -0.15) is 0 Å². The zero-order valence-corrected chi connectivity index (χ0v) is 19.9. The first kappa shape index (κ1) is 21.5. The van der Waals surface area contributed by atoms with Crippen LogP contribution in [0, 0.1) is 5.92 Å². The molecule has 1 aliphatic heterocycles. The van der Waals surface area contributed by atoms with Crippen LogP contribution in [0.2, 0.25) is 0 Å². The summed E-state index contributed by atoms with van der Waals surface area (Å²) in [6.07, 6.45) is 10.1. The molecule has 2 aliphatic rings. The number of ketones is 1. The van der Waals surface area contributed by atoms with E-state index in [-0.39, 0.29) is 5.92 Å². The van der Waals surface area contributed by atoms with E-state index in [1.54, 1.807) is 0 Å². The van der Waals surface area contributed by atoms with Crippen molar-refractivity contribution in [2.45, 2.75) is 57.3 Å². The van der Waals surface area contributed by atoms with Crippen LogP contribution in [-0.2, 0) is 10.2 Å². The molecule has 0 radical (unpaired) electrons. The number of fused-ring (bicyclic) bond motifs is 1. The number of benzene rings is 2. The largest absolute Gasteiger partial charge is 0.377 e. The molecule has 3 aromatic rings. The third kappa shape index (κ3) is 4.15. The second-order valence-corrected chi connectivity index (χ2v) is 10.6. The van der Waals surface area contributed by atoms with Gasteiger partial charge in [0.2, 0.25) is 0 Å². The summed E-state index contributed by atoms with van der Waals surface area (Å²) in [5.74, 6) is 0.699. The van der Waals surface area contributed by atoms with E-state index in [2.05, 4.69) is 78.0 Å². The van der Waals surface area contributed by atoms with Crippen molar-refractivity contribution in [1.29, 1.82) is 0 Å². The van der Waals surface area contributed by atoms with Gasteiger partial charge in [-0.25, -0.2) is 0 Å². The van der Waals surface area contributed by atoms with Gasteiger partial charge in [-0.1, -0.05) is 67.8 Å². The quantitative estimate of drug-likeness (QED) is 0.378. The van der Waals surface area contributed by atoms with E-state index in [4.69, 9.17) is 0 Å². The highest BCUT2D eigenvalue weighted by Crippen LogP contribution is 2.38. The fourth-order valence-electron chi connectivity index (χ4n) is 5.64. The van der Waals surface area contributed by atoms with E-state index in [1.807, 2.05) is 11.3 Å². The Morgan fingerprint density at radius 3 is 2.66 bits per heavy atom. The van der Waals surface area contributed by atoms with Crippen molar-refractivity contribution in [3.8, 4) is 0 Å². The Morgan fingerprint density at radius 1 is 1.03 bits per heavy atom. The molecule has 0 spiro atoms. The minimum atomic E-state index is -0.409. The number of hydrogen-bond acceptors (Lipinski definition) is 3.